The van der Waals surface area contributed by atoms with Gasteiger partial charge in [0, 0.05) is 25.2 Å². The second-order valence-electron chi connectivity index (χ2n) is 9.36. The molecule has 1 aromatic carbocycles. The fraction of sp³-hybridized carbons (Fsp3) is 0.583. The highest BCUT2D eigenvalue weighted by molar-refractivity contribution is 5.92. The van der Waals surface area contributed by atoms with Crippen LogP contribution < -0.4 is 10.1 Å². The molecule has 1 atom stereocenters. The summed E-state index contributed by atoms with van der Waals surface area (Å²) in [6.45, 7) is 1.46. The summed E-state index contributed by atoms with van der Waals surface area (Å²) in [6, 6.07) is 8.45. The lowest BCUT2D eigenvalue weighted by molar-refractivity contribution is -0.138. The number of hydrogen-bond donors (Lipinski definition) is 1. The van der Waals surface area contributed by atoms with Crippen LogP contribution in [0.3, 0.4) is 0 Å². The van der Waals surface area contributed by atoms with Crippen LogP contribution in [0.1, 0.15) is 67.4 Å². The molecule has 0 radical (unpaired) electrons. The number of aromatic nitrogens is 3. The molecular formula is C24H31N5O3. The molecule has 5 rings (SSSR count). The molecule has 2 saturated carbocycles. The molecule has 2 heterocycles. The molecule has 2 aliphatic carbocycles. The Hall–Kier alpha value is -2.90. The zero-order chi connectivity index (χ0) is 22.1. The smallest absolute Gasteiger partial charge is 0.273 e. The number of carbonyl (C=O) groups excluding carboxylic acids is 2. The van der Waals surface area contributed by atoms with E-state index < -0.39 is 0 Å². The van der Waals surface area contributed by atoms with E-state index in [1.165, 1.54) is 0 Å². The van der Waals surface area contributed by atoms with Crippen LogP contribution in [0.4, 0.5) is 0 Å². The van der Waals surface area contributed by atoms with Gasteiger partial charge in [0.25, 0.3) is 5.91 Å². The Bertz CT molecular complexity index is 978. The molecule has 0 spiro atoms. The van der Waals surface area contributed by atoms with Crippen molar-refractivity contribution < 1.29 is 14.3 Å². The molecule has 3 fully saturated rings. The molecule has 32 heavy (non-hydrogen) atoms. The van der Waals surface area contributed by atoms with Gasteiger partial charge in [-0.05, 0) is 69.1 Å². The third kappa shape index (κ3) is 4.23. The van der Waals surface area contributed by atoms with Gasteiger partial charge in [0.2, 0.25) is 5.91 Å². The van der Waals surface area contributed by atoms with Crippen LogP contribution in [0.2, 0.25) is 0 Å². The number of piperidine rings is 1. The van der Waals surface area contributed by atoms with Gasteiger partial charge in [-0.25, -0.2) is 0 Å². The minimum absolute atomic E-state index is 0.150. The summed E-state index contributed by atoms with van der Waals surface area (Å²) in [7, 11) is 1.66. The Balaban J connectivity index is 1.23. The maximum Gasteiger partial charge on any atom is 0.273 e. The lowest BCUT2D eigenvalue weighted by atomic mass is 9.91. The first-order valence-corrected chi connectivity index (χ1v) is 11.8. The van der Waals surface area contributed by atoms with Crippen molar-refractivity contribution in [2.24, 2.45) is 0 Å². The van der Waals surface area contributed by atoms with E-state index in [0.717, 1.165) is 69.2 Å². The summed E-state index contributed by atoms with van der Waals surface area (Å²) in [6.07, 6.45) is 9.63. The number of aryl methyl sites for hydroxylation is 1. The van der Waals surface area contributed by atoms with E-state index in [-0.39, 0.29) is 23.3 Å². The van der Waals surface area contributed by atoms with Gasteiger partial charge in [-0.2, -0.15) is 0 Å². The minimum Gasteiger partial charge on any atom is -0.497 e. The average Bonchev–Trinajstić information content (AvgIpc) is 3.76. The number of amides is 2. The molecule has 2 amide bonds. The summed E-state index contributed by atoms with van der Waals surface area (Å²) in [5.74, 6) is 0.921. The van der Waals surface area contributed by atoms with Crippen molar-refractivity contribution >= 4 is 11.8 Å². The van der Waals surface area contributed by atoms with Crippen LogP contribution in [0.5, 0.6) is 5.75 Å². The van der Waals surface area contributed by atoms with Gasteiger partial charge in [-0.1, -0.05) is 17.3 Å². The third-order valence-corrected chi connectivity index (χ3v) is 7.07. The number of hydrogen-bond acceptors (Lipinski definition) is 5. The Morgan fingerprint density at radius 2 is 1.94 bits per heavy atom. The van der Waals surface area contributed by atoms with Crippen LogP contribution in [0.25, 0.3) is 0 Å². The summed E-state index contributed by atoms with van der Waals surface area (Å²) >= 11 is 0. The maximum absolute atomic E-state index is 13.7. The molecule has 1 aliphatic heterocycles. The monoisotopic (exact) mass is 437 g/mol. The lowest BCUT2D eigenvalue weighted by Gasteiger charge is -2.38. The van der Waals surface area contributed by atoms with Gasteiger partial charge in [0.05, 0.1) is 18.7 Å². The highest BCUT2D eigenvalue weighted by atomic mass is 16.5. The molecule has 2 aromatic rings. The Morgan fingerprint density at radius 3 is 2.62 bits per heavy atom. The number of likely N-dealkylation sites (tertiary alicyclic amines) is 1. The Kier molecular flexibility index (Phi) is 5.61. The minimum atomic E-state index is -0.372. The van der Waals surface area contributed by atoms with Gasteiger partial charge >= 0.3 is 0 Å². The van der Waals surface area contributed by atoms with Crippen LogP contribution in [0, 0.1) is 0 Å². The fourth-order valence-corrected chi connectivity index (χ4v) is 4.78. The van der Waals surface area contributed by atoms with E-state index in [9.17, 15) is 9.59 Å². The molecule has 8 nitrogen and oxygen atoms in total. The molecule has 1 aromatic heterocycles. The highest BCUT2D eigenvalue weighted by Crippen LogP contribution is 2.50. The molecule has 0 bridgehead atoms. The molecule has 1 N–H and O–H groups in total. The van der Waals surface area contributed by atoms with E-state index in [1.807, 2.05) is 24.3 Å². The average molecular weight is 438 g/mol. The molecule has 8 heteroatoms. The van der Waals surface area contributed by atoms with Crippen LogP contribution >= 0.6 is 0 Å². The number of methoxy groups -OCH3 is 1. The number of ether oxygens (including phenoxy) is 1. The maximum atomic E-state index is 13.7. The van der Waals surface area contributed by atoms with Crippen molar-refractivity contribution in [3.8, 4) is 5.75 Å². The van der Waals surface area contributed by atoms with Crippen molar-refractivity contribution in [2.75, 3.05) is 13.7 Å². The van der Waals surface area contributed by atoms with E-state index in [4.69, 9.17) is 4.74 Å². The lowest BCUT2D eigenvalue weighted by Crippen LogP contribution is -2.48. The predicted octanol–water partition coefficient (Wildman–Crippen LogP) is 2.68. The van der Waals surface area contributed by atoms with E-state index >= 15 is 0 Å². The summed E-state index contributed by atoms with van der Waals surface area (Å²) in [4.78, 5) is 27.9. The number of carbonyl (C=O) groups is 2. The standard InChI is InChI=1S/C24H31N5O3/c1-32-20-9-5-17(6-10-20)24(12-13-24)23(31)29-14-3-2-4-19(29)11-15-28-16-21(26-27-28)22(30)25-18-7-8-18/h5-6,9-10,16,18-19H,2-4,7-8,11-15H2,1H3,(H,25,30). The zero-order valence-electron chi connectivity index (χ0n) is 18.6. The molecule has 1 saturated heterocycles. The number of rotatable bonds is 8. The van der Waals surface area contributed by atoms with Crippen molar-refractivity contribution in [1.29, 1.82) is 0 Å². The molecule has 1 unspecified atom stereocenters. The molecular weight excluding hydrogens is 406 g/mol. The number of benzene rings is 1. The molecule has 3 aliphatic rings. The van der Waals surface area contributed by atoms with Crippen LogP contribution in [-0.4, -0.2) is 57.4 Å². The normalized spacial score (nSPS) is 21.8. The van der Waals surface area contributed by atoms with Gasteiger partial charge in [0.1, 0.15) is 5.75 Å². The van der Waals surface area contributed by atoms with Crippen molar-refractivity contribution in [2.45, 2.75) is 75.4 Å². The summed E-state index contributed by atoms with van der Waals surface area (Å²) in [5, 5.41) is 11.1. The SMILES string of the molecule is COc1ccc(C2(C(=O)N3CCCCC3CCn3cc(C(=O)NC4CC4)nn3)CC2)cc1. The first-order chi connectivity index (χ1) is 15.6. The summed E-state index contributed by atoms with van der Waals surface area (Å²) < 4.78 is 7.01. The Labute approximate surface area is 188 Å². The largest absolute Gasteiger partial charge is 0.497 e. The zero-order valence-corrected chi connectivity index (χ0v) is 18.6. The van der Waals surface area contributed by atoms with Crippen LogP contribution in [-0.2, 0) is 16.8 Å². The van der Waals surface area contributed by atoms with Crippen LogP contribution in [0.15, 0.2) is 30.5 Å². The molecule has 170 valence electrons. The van der Waals surface area contributed by atoms with Crippen molar-refractivity contribution in [1.82, 2.24) is 25.2 Å². The van der Waals surface area contributed by atoms with Crippen molar-refractivity contribution in [3.63, 3.8) is 0 Å². The second kappa shape index (κ2) is 8.56. The van der Waals surface area contributed by atoms with Gasteiger partial charge < -0.3 is 15.0 Å². The van der Waals surface area contributed by atoms with Gasteiger partial charge in [0.15, 0.2) is 5.69 Å². The van der Waals surface area contributed by atoms with E-state index in [0.29, 0.717) is 18.3 Å². The second-order valence-corrected chi connectivity index (χ2v) is 9.36. The first-order valence-electron chi connectivity index (χ1n) is 11.8. The topological polar surface area (TPSA) is 89.4 Å². The van der Waals surface area contributed by atoms with Gasteiger partial charge in [-0.15, -0.1) is 5.10 Å². The van der Waals surface area contributed by atoms with E-state index in [1.54, 1.807) is 18.0 Å². The summed E-state index contributed by atoms with van der Waals surface area (Å²) in [5.41, 5.74) is 1.09. The van der Waals surface area contributed by atoms with Crippen molar-refractivity contribution in [3.05, 3.63) is 41.7 Å². The number of nitrogens with one attached hydrogen (secondary N) is 1. The fourth-order valence-electron chi connectivity index (χ4n) is 4.78. The Morgan fingerprint density at radius 1 is 1.16 bits per heavy atom. The number of nitrogens with zero attached hydrogens (tertiary/aromatic N) is 4. The predicted molar refractivity (Wildman–Crippen MR) is 118 cm³/mol. The van der Waals surface area contributed by atoms with E-state index in [2.05, 4.69) is 20.5 Å². The highest BCUT2D eigenvalue weighted by Gasteiger charge is 2.54. The third-order valence-electron chi connectivity index (χ3n) is 7.07. The quantitative estimate of drug-likeness (QED) is 0.686. The first kappa shape index (κ1) is 21.0. The van der Waals surface area contributed by atoms with Gasteiger partial charge in [-0.3, -0.25) is 14.3 Å².